The van der Waals surface area contributed by atoms with E-state index >= 15 is 0 Å². The number of carbonyl (C=O) groups is 1. The van der Waals surface area contributed by atoms with Crippen molar-refractivity contribution < 1.29 is 23.4 Å². The van der Waals surface area contributed by atoms with E-state index in [1.54, 1.807) is 6.92 Å². The Kier molecular flexibility index (Phi) is 5.89. The SMILES string of the molecule is CCCC(C(=O)OCC)C(O)c1cc(F)cc(F)c1. The van der Waals surface area contributed by atoms with Gasteiger partial charge in [0, 0.05) is 6.07 Å². The summed E-state index contributed by atoms with van der Waals surface area (Å²) in [6.45, 7) is 3.71. The second-order valence-electron chi connectivity index (χ2n) is 4.29. The third-order valence-electron chi connectivity index (χ3n) is 2.80. The molecule has 0 aliphatic rings. The maximum atomic E-state index is 13.1. The molecule has 1 aromatic carbocycles. The second kappa shape index (κ2) is 7.19. The lowest BCUT2D eigenvalue weighted by Crippen LogP contribution is -2.24. The summed E-state index contributed by atoms with van der Waals surface area (Å²) in [7, 11) is 0. The second-order valence-corrected chi connectivity index (χ2v) is 4.29. The first kappa shape index (κ1) is 15.6. The molecule has 0 heterocycles. The van der Waals surface area contributed by atoms with Crippen molar-refractivity contribution in [3.05, 3.63) is 35.4 Å². The molecule has 0 aliphatic heterocycles. The lowest BCUT2D eigenvalue weighted by molar-refractivity contribution is -0.152. The maximum absolute atomic E-state index is 13.1. The number of aliphatic hydroxyl groups excluding tert-OH is 1. The molecule has 0 bridgehead atoms. The predicted molar refractivity (Wildman–Crippen MR) is 66.3 cm³/mol. The van der Waals surface area contributed by atoms with Crippen LogP contribution in [0.1, 0.15) is 38.4 Å². The Morgan fingerprint density at radius 1 is 1.26 bits per heavy atom. The Bertz CT molecular complexity index is 414. The monoisotopic (exact) mass is 272 g/mol. The number of rotatable bonds is 6. The minimum Gasteiger partial charge on any atom is -0.466 e. The molecule has 0 aromatic heterocycles. The molecule has 1 N–H and O–H groups in total. The zero-order chi connectivity index (χ0) is 14.4. The molecule has 0 saturated heterocycles. The topological polar surface area (TPSA) is 46.5 Å². The van der Waals surface area contributed by atoms with Crippen LogP contribution in [-0.4, -0.2) is 17.7 Å². The van der Waals surface area contributed by atoms with Gasteiger partial charge in [0.1, 0.15) is 11.6 Å². The zero-order valence-corrected chi connectivity index (χ0v) is 11.0. The van der Waals surface area contributed by atoms with Crippen LogP contribution in [-0.2, 0) is 9.53 Å². The molecule has 0 aliphatic carbocycles. The van der Waals surface area contributed by atoms with Gasteiger partial charge in [-0.15, -0.1) is 0 Å². The third kappa shape index (κ3) is 4.28. The van der Waals surface area contributed by atoms with E-state index in [0.717, 1.165) is 18.2 Å². The van der Waals surface area contributed by atoms with Crippen LogP contribution < -0.4 is 0 Å². The smallest absolute Gasteiger partial charge is 0.311 e. The van der Waals surface area contributed by atoms with E-state index in [1.807, 2.05) is 6.92 Å². The van der Waals surface area contributed by atoms with Crippen LogP contribution in [0.5, 0.6) is 0 Å². The van der Waals surface area contributed by atoms with Gasteiger partial charge in [-0.2, -0.15) is 0 Å². The molecular weight excluding hydrogens is 254 g/mol. The van der Waals surface area contributed by atoms with E-state index in [0.29, 0.717) is 12.8 Å². The standard InChI is InChI=1S/C14H18F2O3/c1-3-5-12(14(18)19-4-2)13(17)9-6-10(15)8-11(16)7-9/h6-8,12-13,17H,3-5H2,1-2H3. The van der Waals surface area contributed by atoms with Crippen molar-refractivity contribution in [3.8, 4) is 0 Å². The number of hydrogen-bond donors (Lipinski definition) is 1. The summed E-state index contributed by atoms with van der Waals surface area (Å²) in [5.41, 5.74) is 0.0454. The number of hydrogen-bond acceptors (Lipinski definition) is 3. The van der Waals surface area contributed by atoms with Gasteiger partial charge in [-0.05, 0) is 31.0 Å². The van der Waals surface area contributed by atoms with E-state index in [9.17, 15) is 18.7 Å². The Balaban J connectivity index is 2.97. The number of aliphatic hydroxyl groups is 1. The van der Waals surface area contributed by atoms with E-state index < -0.39 is 29.6 Å². The van der Waals surface area contributed by atoms with Gasteiger partial charge in [-0.3, -0.25) is 4.79 Å². The Morgan fingerprint density at radius 2 is 1.84 bits per heavy atom. The van der Waals surface area contributed by atoms with E-state index in [2.05, 4.69) is 0 Å². The normalized spacial score (nSPS) is 13.9. The highest BCUT2D eigenvalue weighted by Crippen LogP contribution is 2.28. The predicted octanol–water partition coefficient (Wildman–Crippen LogP) is 2.98. The average Bonchev–Trinajstić information content (AvgIpc) is 2.34. The number of benzene rings is 1. The highest BCUT2D eigenvalue weighted by atomic mass is 19.1. The molecule has 5 heteroatoms. The van der Waals surface area contributed by atoms with Crippen molar-refractivity contribution in [2.75, 3.05) is 6.61 Å². The van der Waals surface area contributed by atoms with Crippen molar-refractivity contribution in [1.82, 2.24) is 0 Å². The Labute approximate surface area is 111 Å². The minimum absolute atomic E-state index is 0.0454. The lowest BCUT2D eigenvalue weighted by Gasteiger charge is -2.21. The Morgan fingerprint density at radius 3 is 2.32 bits per heavy atom. The number of ether oxygens (including phenoxy) is 1. The summed E-state index contributed by atoms with van der Waals surface area (Å²) >= 11 is 0. The minimum atomic E-state index is -1.27. The van der Waals surface area contributed by atoms with Crippen molar-refractivity contribution in [2.24, 2.45) is 5.92 Å². The molecule has 0 fully saturated rings. The fourth-order valence-electron chi connectivity index (χ4n) is 1.94. The van der Waals surface area contributed by atoms with Crippen molar-refractivity contribution in [1.29, 1.82) is 0 Å². The summed E-state index contributed by atoms with van der Waals surface area (Å²) in [5, 5.41) is 10.1. The summed E-state index contributed by atoms with van der Waals surface area (Å²) in [4.78, 5) is 11.7. The molecule has 2 unspecified atom stereocenters. The van der Waals surface area contributed by atoms with Crippen LogP contribution in [0.3, 0.4) is 0 Å². The van der Waals surface area contributed by atoms with Gasteiger partial charge in [0.05, 0.1) is 18.6 Å². The molecule has 0 saturated carbocycles. The first-order chi connectivity index (χ1) is 8.99. The van der Waals surface area contributed by atoms with Gasteiger partial charge >= 0.3 is 5.97 Å². The largest absolute Gasteiger partial charge is 0.466 e. The zero-order valence-electron chi connectivity index (χ0n) is 11.0. The van der Waals surface area contributed by atoms with E-state index in [-0.39, 0.29) is 12.2 Å². The van der Waals surface area contributed by atoms with Gasteiger partial charge in [0.2, 0.25) is 0 Å². The highest BCUT2D eigenvalue weighted by Gasteiger charge is 2.29. The van der Waals surface area contributed by atoms with Crippen molar-refractivity contribution in [2.45, 2.75) is 32.8 Å². The summed E-state index contributed by atoms with van der Waals surface area (Å²) in [6, 6.07) is 2.76. The van der Waals surface area contributed by atoms with Crippen LogP contribution >= 0.6 is 0 Å². The van der Waals surface area contributed by atoms with Gasteiger partial charge < -0.3 is 9.84 Å². The molecule has 0 radical (unpaired) electrons. The molecule has 0 amide bonds. The number of carbonyl (C=O) groups excluding carboxylic acids is 1. The van der Waals surface area contributed by atoms with Crippen LogP contribution in [0, 0.1) is 17.6 Å². The molecule has 2 atom stereocenters. The average molecular weight is 272 g/mol. The quantitative estimate of drug-likeness (QED) is 0.810. The van der Waals surface area contributed by atoms with Crippen molar-refractivity contribution in [3.63, 3.8) is 0 Å². The Hall–Kier alpha value is -1.49. The van der Waals surface area contributed by atoms with Crippen molar-refractivity contribution >= 4 is 5.97 Å². The summed E-state index contributed by atoms with van der Waals surface area (Å²) in [5.74, 6) is -2.94. The first-order valence-corrected chi connectivity index (χ1v) is 6.30. The molecule has 1 rings (SSSR count). The fourth-order valence-corrected chi connectivity index (χ4v) is 1.94. The van der Waals surface area contributed by atoms with Crippen LogP contribution in [0.25, 0.3) is 0 Å². The van der Waals surface area contributed by atoms with Crippen LogP contribution in [0.4, 0.5) is 8.78 Å². The molecule has 3 nitrogen and oxygen atoms in total. The number of halogens is 2. The molecular formula is C14H18F2O3. The van der Waals surface area contributed by atoms with Gasteiger partial charge in [0.25, 0.3) is 0 Å². The van der Waals surface area contributed by atoms with Gasteiger partial charge in [0.15, 0.2) is 0 Å². The van der Waals surface area contributed by atoms with E-state index in [1.165, 1.54) is 0 Å². The number of esters is 1. The molecule has 19 heavy (non-hydrogen) atoms. The van der Waals surface area contributed by atoms with Gasteiger partial charge in [-0.25, -0.2) is 8.78 Å². The first-order valence-electron chi connectivity index (χ1n) is 6.30. The molecule has 106 valence electrons. The third-order valence-corrected chi connectivity index (χ3v) is 2.80. The van der Waals surface area contributed by atoms with Crippen LogP contribution in [0.15, 0.2) is 18.2 Å². The van der Waals surface area contributed by atoms with Gasteiger partial charge in [-0.1, -0.05) is 13.3 Å². The summed E-state index contributed by atoms with van der Waals surface area (Å²) < 4.78 is 31.1. The highest BCUT2D eigenvalue weighted by molar-refractivity contribution is 5.73. The van der Waals surface area contributed by atoms with E-state index in [4.69, 9.17) is 4.74 Å². The maximum Gasteiger partial charge on any atom is 0.311 e. The van der Waals surface area contributed by atoms with Crippen LogP contribution in [0.2, 0.25) is 0 Å². The summed E-state index contributed by atoms with van der Waals surface area (Å²) in [6.07, 6.45) is -0.236. The molecule has 0 spiro atoms. The lowest BCUT2D eigenvalue weighted by atomic mass is 9.92. The fraction of sp³-hybridized carbons (Fsp3) is 0.500. The molecule has 1 aromatic rings.